The first-order chi connectivity index (χ1) is 14.3. The number of nitrogens with zero attached hydrogens (tertiary/aromatic N) is 4. The second kappa shape index (κ2) is 7.10. The standard InChI is InChI=1S/C22H31N5O4/c1-21(2,3)30-19(28)17-16-13(7-8-24-18(16)23)27(25-17)15-10-12-9-14(15)26(11-12)20(29)31-22(4,5)6/h7-8,12,14-15H,9-11H2,1-6H3,(H2,23,24)/t12?,14?,15-/m1/s1. The van der Waals surface area contributed by atoms with Crippen LogP contribution < -0.4 is 5.73 Å². The third-order valence-electron chi connectivity index (χ3n) is 5.63. The van der Waals surface area contributed by atoms with Gasteiger partial charge in [-0.25, -0.2) is 14.6 Å². The van der Waals surface area contributed by atoms with E-state index < -0.39 is 17.2 Å². The molecule has 4 rings (SSSR count). The van der Waals surface area contributed by atoms with E-state index in [0.717, 1.165) is 18.4 Å². The number of hydrogen-bond acceptors (Lipinski definition) is 7. The van der Waals surface area contributed by atoms with Crippen LogP contribution in [0.25, 0.3) is 10.9 Å². The fourth-order valence-electron chi connectivity index (χ4n) is 4.62. The van der Waals surface area contributed by atoms with Crippen LogP contribution in [0.1, 0.15) is 70.9 Å². The molecule has 0 aromatic carbocycles. The Balaban J connectivity index is 1.71. The van der Waals surface area contributed by atoms with Gasteiger partial charge in [0.25, 0.3) is 0 Å². The quantitative estimate of drug-likeness (QED) is 0.727. The summed E-state index contributed by atoms with van der Waals surface area (Å²) in [6.07, 6.45) is 3.05. The smallest absolute Gasteiger partial charge is 0.410 e. The number of carbonyl (C=O) groups excluding carboxylic acids is 2. The van der Waals surface area contributed by atoms with E-state index in [1.54, 1.807) is 37.9 Å². The molecule has 3 atom stereocenters. The van der Waals surface area contributed by atoms with E-state index in [2.05, 4.69) is 10.1 Å². The molecule has 2 N–H and O–H groups in total. The third kappa shape index (κ3) is 4.05. The SMILES string of the molecule is CC(C)(C)OC(=O)c1nn([C@@H]2CC3CC2N(C(=O)OC(C)(C)C)C3)c2ccnc(N)c12. The molecular formula is C22H31N5O4. The van der Waals surface area contributed by atoms with Gasteiger partial charge in [-0.05, 0) is 66.4 Å². The minimum atomic E-state index is -0.663. The molecule has 2 aromatic rings. The highest BCUT2D eigenvalue weighted by molar-refractivity contribution is 6.06. The predicted molar refractivity (Wildman–Crippen MR) is 116 cm³/mol. The van der Waals surface area contributed by atoms with Crippen molar-refractivity contribution in [3.8, 4) is 0 Å². The van der Waals surface area contributed by atoms with E-state index in [1.807, 2.05) is 25.5 Å². The lowest BCUT2D eigenvalue weighted by Gasteiger charge is -2.34. The van der Waals surface area contributed by atoms with Crippen molar-refractivity contribution in [3.63, 3.8) is 0 Å². The predicted octanol–water partition coefficient (Wildman–Crippen LogP) is 3.54. The molecule has 2 bridgehead atoms. The summed E-state index contributed by atoms with van der Waals surface area (Å²) in [6, 6.07) is 1.67. The Kier molecular flexibility index (Phi) is 4.90. The highest BCUT2D eigenvalue weighted by Crippen LogP contribution is 2.46. The summed E-state index contributed by atoms with van der Waals surface area (Å²) in [4.78, 5) is 31.6. The molecule has 1 aliphatic heterocycles. The van der Waals surface area contributed by atoms with Gasteiger partial charge in [0.2, 0.25) is 0 Å². The van der Waals surface area contributed by atoms with Gasteiger partial charge in [-0.1, -0.05) is 0 Å². The maximum absolute atomic E-state index is 12.9. The molecule has 9 nitrogen and oxygen atoms in total. The number of amides is 1. The van der Waals surface area contributed by atoms with E-state index in [9.17, 15) is 9.59 Å². The first kappa shape index (κ1) is 21.4. The molecular weight excluding hydrogens is 398 g/mol. The summed E-state index contributed by atoms with van der Waals surface area (Å²) in [5.74, 6) is 0.0609. The zero-order valence-electron chi connectivity index (χ0n) is 19.0. The van der Waals surface area contributed by atoms with Gasteiger partial charge in [-0.3, -0.25) is 4.68 Å². The number of hydrogen-bond donors (Lipinski definition) is 1. The molecule has 2 fully saturated rings. The van der Waals surface area contributed by atoms with Gasteiger partial charge in [0.1, 0.15) is 17.0 Å². The maximum atomic E-state index is 12.9. The number of carbonyl (C=O) groups is 2. The molecule has 1 aliphatic carbocycles. The number of piperidine rings is 1. The lowest BCUT2D eigenvalue weighted by molar-refractivity contribution is 0.00556. The van der Waals surface area contributed by atoms with Gasteiger partial charge in [0.15, 0.2) is 5.69 Å². The summed E-state index contributed by atoms with van der Waals surface area (Å²) < 4.78 is 13.0. The van der Waals surface area contributed by atoms with E-state index in [0.29, 0.717) is 17.8 Å². The van der Waals surface area contributed by atoms with Crippen LogP contribution in [0.5, 0.6) is 0 Å². The van der Waals surface area contributed by atoms with E-state index in [1.165, 1.54) is 0 Å². The Hall–Kier alpha value is -2.84. The summed E-state index contributed by atoms with van der Waals surface area (Å²) in [5, 5.41) is 5.14. The lowest BCUT2D eigenvalue weighted by Crippen LogP contribution is -2.45. The average molecular weight is 430 g/mol. The highest BCUT2D eigenvalue weighted by Gasteiger charge is 2.49. The van der Waals surface area contributed by atoms with Crippen molar-refractivity contribution in [2.75, 3.05) is 12.3 Å². The van der Waals surface area contributed by atoms with Crippen molar-refractivity contribution in [1.29, 1.82) is 0 Å². The summed E-state index contributed by atoms with van der Waals surface area (Å²) in [6.45, 7) is 11.7. The minimum absolute atomic E-state index is 0.0520. The summed E-state index contributed by atoms with van der Waals surface area (Å²) in [7, 11) is 0. The topological polar surface area (TPSA) is 113 Å². The number of nitrogens with two attached hydrogens (primary N) is 1. The molecule has 1 amide bonds. The number of likely N-dealkylation sites (tertiary alicyclic amines) is 1. The van der Waals surface area contributed by atoms with Gasteiger partial charge in [-0.15, -0.1) is 0 Å². The van der Waals surface area contributed by atoms with Crippen LogP contribution in [0, 0.1) is 5.92 Å². The molecule has 0 spiro atoms. The van der Waals surface area contributed by atoms with Gasteiger partial charge in [0.05, 0.1) is 23.0 Å². The van der Waals surface area contributed by atoms with Crippen LogP contribution in [-0.4, -0.2) is 55.5 Å². The van der Waals surface area contributed by atoms with Gasteiger partial charge in [0, 0.05) is 12.7 Å². The largest absolute Gasteiger partial charge is 0.455 e. The molecule has 168 valence electrons. The van der Waals surface area contributed by atoms with Crippen molar-refractivity contribution in [3.05, 3.63) is 18.0 Å². The second-order valence-electron chi connectivity index (χ2n) is 10.5. The van der Waals surface area contributed by atoms with Crippen LogP contribution in [0.2, 0.25) is 0 Å². The van der Waals surface area contributed by atoms with Crippen molar-refractivity contribution in [2.45, 2.75) is 77.7 Å². The van der Waals surface area contributed by atoms with Crippen molar-refractivity contribution in [1.82, 2.24) is 19.7 Å². The number of aromatic nitrogens is 3. The normalized spacial score (nSPS) is 23.4. The molecule has 31 heavy (non-hydrogen) atoms. The van der Waals surface area contributed by atoms with Gasteiger partial charge < -0.3 is 20.1 Å². The second-order valence-corrected chi connectivity index (χ2v) is 10.5. The average Bonchev–Trinajstić information content (AvgIpc) is 3.31. The molecule has 2 unspecified atom stereocenters. The first-order valence-electron chi connectivity index (χ1n) is 10.7. The number of fused-ring (bicyclic) bond motifs is 3. The molecule has 3 heterocycles. The van der Waals surface area contributed by atoms with Crippen molar-refractivity contribution in [2.24, 2.45) is 5.92 Å². The monoisotopic (exact) mass is 429 g/mol. The highest BCUT2D eigenvalue weighted by atomic mass is 16.6. The fourth-order valence-corrected chi connectivity index (χ4v) is 4.62. The lowest BCUT2D eigenvalue weighted by atomic mass is 10.1. The Labute approximate surface area is 181 Å². The molecule has 9 heteroatoms. The number of ether oxygens (including phenoxy) is 2. The Bertz CT molecular complexity index is 1030. The van der Waals surface area contributed by atoms with E-state index in [-0.39, 0.29) is 29.7 Å². The van der Waals surface area contributed by atoms with Crippen LogP contribution in [-0.2, 0) is 9.47 Å². The van der Waals surface area contributed by atoms with Crippen LogP contribution in [0.15, 0.2) is 12.3 Å². The number of anilines is 1. The van der Waals surface area contributed by atoms with Gasteiger partial charge >= 0.3 is 12.1 Å². The number of nitrogen functional groups attached to an aromatic ring is 1. The summed E-state index contributed by atoms with van der Waals surface area (Å²) >= 11 is 0. The Morgan fingerprint density at radius 2 is 1.71 bits per heavy atom. The molecule has 1 saturated carbocycles. The minimum Gasteiger partial charge on any atom is -0.455 e. The fraction of sp³-hybridized carbons (Fsp3) is 0.636. The Morgan fingerprint density at radius 1 is 1.06 bits per heavy atom. The molecule has 2 aliphatic rings. The first-order valence-corrected chi connectivity index (χ1v) is 10.7. The summed E-state index contributed by atoms with van der Waals surface area (Å²) in [5.41, 5.74) is 5.79. The molecule has 0 radical (unpaired) electrons. The zero-order valence-corrected chi connectivity index (χ0v) is 19.0. The Morgan fingerprint density at radius 3 is 2.32 bits per heavy atom. The number of rotatable bonds is 2. The van der Waals surface area contributed by atoms with Crippen molar-refractivity contribution < 1.29 is 19.1 Å². The van der Waals surface area contributed by atoms with Crippen molar-refractivity contribution >= 4 is 28.8 Å². The molecule has 1 saturated heterocycles. The van der Waals surface area contributed by atoms with Gasteiger partial charge in [-0.2, -0.15) is 5.10 Å². The van der Waals surface area contributed by atoms with Crippen LogP contribution in [0.4, 0.5) is 10.6 Å². The maximum Gasteiger partial charge on any atom is 0.410 e. The van der Waals surface area contributed by atoms with Crippen LogP contribution in [0.3, 0.4) is 0 Å². The number of pyridine rings is 1. The zero-order chi connectivity index (χ0) is 22.7. The van der Waals surface area contributed by atoms with Crippen LogP contribution >= 0.6 is 0 Å². The molecule has 2 aromatic heterocycles. The van der Waals surface area contributed by atoms with E-state index >= 15 is 0 Å². The number of esters is 1. The third-order valence-corrected chi connectivity index (χ3v) is 5.63. The van der Waals surface area contributed by atoms with E-state index in [4.69, 9.17) is 15.2 Å².